The van der Waals surface area contributed by atoms with E-state index in [0.29, 0.717) is 23.5 Å². The van der Waals surface area contributed by atoms with Crippen molar-refractivity contribution in [1.29, 1.82) is 0 Å². The van der Waals surface area contributed by atoms with Crippen LogP contribution in [0, 0.1) is 5.92 Å². The molecule has 0 saturated heterocycles. The van der Waals surface area contributed by atoms with E-state index in [4.69, 9.17) is 11.6 Å². The van der Waals surface area contributed by atoms with Crippen LogP contribution in [-0.2, 0) is 10.0 Å². The van der Waals surface area contributed by atoms with E-state index in [1.54, 1.807) is 12.1 Å². The zero-order valence-corrected chi connectivity index (χ0v) is 17.7. The van der Waals surface area contributed by atoms with Gasteiger partial charge in [0, 0.05) is 24.2 Å². The molecule has 0 bridgehead atoms. The zero-order chi connectivity index (χ0) is 16.9. The highest BCUT2D eigenvalue weighted by molar-refractivity contribution is 14.0. The van der Waals surface area contributed by atoms with Gasteiger partial charge < -0.3 is 10.6 Å². The average Bonchev–Trinajstić information content (AvgIpc) is 3.19. The standard InChI is InChI=1S/C15H23ClN4O2S.HI/c1-3-17-15(20-14-9-11(14)2)18-7-8-19-23(21,22)13-6-4-5-12(16)10-13;/h4-6,10-11,14,19H,3,7-9H2,1-2H3,(H2,17,18,20);1H. The third kappa shape index (κ3) is 6.73. The molecule has 3 N–H and O–H groups in total. The molecule has 2 atom stereocenters. The SMILES string of the molecule is CCNC(=NCCNS(=O)(=O)c1cccc(Cl)c1)NC1CC1C.I. The van der Waals surface area contributed by atoms with Crippen LogP contribution >= 0.6 is 35.6 Å². The minimum atomic E-state index is -3.56. The number of hydrogen-bond acceptors (Lipinski definition) is 3. The lowest BCUT2D eigenvalue weighted by Crippen LogP contribution is -2.39. The van der Waals surface area contributed by atoms with Crippen molar-refractivity contribution in [2.45, 2.75) is 31.2 Å². The summed E-state index contributed by atoms with van der Waals surface area (Å²) < 4.78 is 26.8. The van der Waals surface area contributed by atoms with Crippen molar-refractivity contribution in [3.63, 3.8) is 0 Å². The first-order valence-electron chi connectivity index (χ1n) is 7.72. The number of guanidine groups is 1. The molecule has 1 fully saturated rings. The predicted octanol–water partition coefficient (Wildman–Crippen LogP) is 2.20. The van der Waals surface area contributed by atoms with E-state index in [1.807, 2.05) is 6.92 Å². The molecule has 0 amide bonds. The molecule has 1 aromatic rings. The molecule has 0 aliphatic heterocycles. The summed E-state index contributed by atoms with van der Waals surface area (Å²) in [6, 6.07) is 6.65. The summed E-state index contributed by atoms with van der Waals surface area (Å²) in [5.74, 6) is 1.39. The van der Waals surface area contributed by atoms with Crippen LogP contribution in [0.4, 0.5) is 0 Å². The summed E-state index contributed by atoms with van der Waals surface area (Å²) in [5, 5.41) is 6.87. The first-order valence-corrected chi connectivity index (χ1v) is 9.58. The highest BCUT2D eigenvalue weighted by atomic mass is 127. The second-order valence-corrected chi connectivity index (χ2v) is 7.78. The molecule has 6 nitrogen and oxygen atoms in total. The summed E-state index contributed by atoms with van der Waals surface area (Å²) in [6.07, 6.45) is 1.14. The van der Waals surface area contributed by atoms with Crippen molar-refractivity contribution in [1.82, 2.24) is 15.4 Å². The quantitative estimate of drug-likeness (QED) is 0.239. The number of nitrogens with one attached hydrogen (secondary N) is 3. The number of nitrogens with zero attached hydrogens (tertiary/aromatic N) is 1. The van der Waals surface area contributed by atoms with E-state index < -0.39 is 10.0 Å². The Balaban J connectivity index is 0.00000288. The van der Waals surface area contributed by atoms with Crippen molar-refractivity contribution < 1.29 is 8.42 Å². The Morgan fingerprint density at radius 3 is 2.71 bits per heavy atom. The van der Waals surface area contributed by atoms with E-state index in [-0.39, 0.29) is 35.4 Å². The molecule has 1 saturated carbocycles. The molecule has 0 heterocycles. The van der Waals surface area contributed by atoms with E-state index in [2.05, 4.69) is 27.3 Å². The lowest BCUT2D eigenvalue weighted by atomic mass is 10.4. The third-order valence-electron chi connectivity index (χ3n) is 3.56. The first kappa shape index (κ1) is 21.5. The molecule has 9 heteroatoms. The van der Waals surface area contributed by atoms with Gasteiger partial charge in [-0.05, 0) is 37.5 Å². The number of aliphatic imine (C=N–C) groups is 1. The second kappa shape index (κ2) is 9.79. The fourth-order valence-corrected chi connectivity index (χ4v) is 3.41. The maximum Gasteiger partial charge on any atom is 0.240 e. The Hall–Kier alpha value is -0.580. The predicted molar refractivity (Wildman–Crippen MR) is 109 cm³/mol. The van der Waals surface area contributed by atoms with Gasteiger partial charge in [-0.3, -0.25) is 4.99 Å². The normalized spacial score (nSPS) is 20.2. The van der Waals surface area contributed by atoms with Crippen molar-refractivity contribution in [2.24, 2.45) is 10.9 Å². The van der Waals surface area contributed by atoms with Gasteiger partial charge in [0.2, 0.25) is 10.0 Å². The van der Waals surface area contributed by atoms with Crippen molar-refractivity contribution in [3.8, 4) is 0 Å². The Labute approximate surface area is 165 Å². The number of hydrogen-bond donors (Lipinski definition) is 3. The molecular weight excluding hydrogens is 463 g/mol. The molecular formula is C15H24ClIN4O2S. The molecule has 1 aliphatic carbocycles. The van der Waals surface area contributed by atoms with E-state index in [0.717, 1.165) is 18.9 Å². The Bertz CT molecular complexity index is 669. The number of benzene rings is 1. The maximum atomic E-state index is 12.1. The van der Waals surface area contributed by atoms with Gasteiger partial charge in [-0.1, -0.05) is 24.6 Å². The molecule has 0 aromatic heterocycles. The average molecular weight is 487 g/mol. The van der Waals surface area contributed by atoms with E-state index >= 15 is 0 Å². The van der Waals surface area contributed by atoms with Crippen molar-refractivity contribution in [3.05, 3.63) is 29.3 Å². The smallest absolute Gasteiger partial charge is 0.240 e. The molecule has 136 valence electrons. The van der Waals surface area contributed by atoms with Gasteiger partial charge in [-0.15, -0.1) is 24.0 Å². The number of sulfonamides is 1. The molecule has 1 aromatic carbocycles. The molecule has 2 unspecified atom stereocenters. The largest absolute Gasteiger partial charge is 0.357 e. The summed E-state index contributed by atoms with van der Waals surface area (Å²) >= 11 is 5.82. The van der Waals surface area contributed by atoms with Gasteiger partial charge in [0.1, 0.15) is 0 Å². The van der Waals surface area contributed by atoms with Gasteiger partial charge in [0.05, 0.1) is 11.4 Å². The maximum absolute atomic E-state index is 12.1. The third-order valence-corrected chi connectivity index (χ3v) is 5.25. The lowest BCUT2D eigenvalue weighted by molar-refractivity contribution is 0.582. The van der Waals surface area contributed by atoms with Crippen LogP contribution in [0.25, 0.3) is 0 Å². The highest BCUT2D eigenvalue weighted by Crippen LogP contribution is 2.28. The van der Waals surface area contributed by atoms with E-state index in [1.165, 1.54) is 12.1 Å². The van der Waals surface area contributed by atoms with Crippen LogP contribution in [0.1, 0.15) is 20.3 Å². The van der Waals surface area contributed by atoms with Crippen LogP contribution in [0.2, 0.25) is 5.02 Å². The van der Waals surface area contributed by atoms with Crippen molar-refractivity contribution in [2.75, 3.05) is 19.6 Å². The highest BCUT2D eigenvalue weighted by Gasteiger charge is 2.33. The lowest BCUT2D eigenvalue weighted by Gasteiger charge is -2.11. The Morgan fingerprint density at radius 1 is 1.42 bits per heavy atom. The summed E-state index contributed by atoms with van der Waals surface area (Å²) in [5.41, 5.74) is 0. The fourth-order valence-electron chi connectivity index (χ4n) is 2.08. The zero-order valence-electron chi connectivity index (χ0n) is 13.8. The summed E-state index contributed by atoms with van der Waals surface area (Å²) in [7, 11) is -3.56. The van der Waals surface area contributed by atoms with Crippen LogP contribution in [0.15, 0.2) is 34.2 Å². The minimum Gasteiger partial charge on any atom is -0.357 e. The van der Waals surface area contributed by atoms with Crippen LogP contribution in [0.5, 0.6) is 0 Å². The van der Waals surface area contributed by atoms with Crippen LogP contribution in [0.3, 0.4) is 0 Å². The number of halogens is 2. The fraction of sp³-hybridized carbons (Fsp3) is 0.533. The topological polar surface area (TPSA) is 82.6 Å². The molecule has 0 radical (unpaired) electrons. The minimum absolute atomic E-state index is 0. The van der Waals surface area contributed by atoms with Crippen molar-refractivity contribution >= 4 is 51.6 Å². The Kier molecular flexibility index (Phi) is 8.75. The second-order valence-electron chi connectivity index (χ2n) is 5.58. The molecule has 1 aliphatic rings. The number of rotatable bonds is 7. The van der Waals surface area contributed by atoms with Gasteiger partial charge in [-0.2, -0.15) is 0 Å². The van der Waals surface area contributed by atoms with Crippen LogP contribution < -0.4 is 15.4 Å². The van der Waals surface area contributed by atoms with Gasteiger partial charge in [0.25, 0.3) is 0 Å². The monoisotopic (exact) mass is 486 g/mol. The van der Waals surface area contributed by atoms with Crippen LogP contribution in [-0.4, -0.2) is 40.1 Å². The first-order chi connectivity index (χ1) is 10.9. The van der Waals surface area contributed by atoms with Gasteiger partial charge >= 0.3 is 0 Å². The summed E-state index contributed by atoms with van der Waals surface area (Å²) in [4.78, 5) is 4.54. The molecule has 24 heavy (non-hydrogen) atoms. The summed E-state index contributed by atoms with van der Waals surface area (Å²) in [6.45, 7) is 5.53. The molecule has 0 spiro atoms. The Morgan fingerprint density at radius 2 is 2.12 bits per heavy atom. The van der Waals surface area contributed by atoms with Gasteiger partial charge in [-0.25, -0.2) is 13.1 Å². The van der Waals surface area contributed by atoms with E-state index in [9.17, 15) is 8.42 Å². The molecule has 2 rings (SSSR count). The van der Waals surface area contributed by atoms with Gasteiger partial charge in [0.15, 0.2) is 5.96 Å².